The molecule has 4 aliphatic rings. The lowest BCUT2D eigenvalue weighted by molar-refractivity contribution is -0.0377. The van der Waals surface area contributed by atoms with E-state index in [1.54, 1.807) is 6.42 Å². The second-order valence-electron chi connectivity index (χ2n) is 9.13. The van der Waals surface area contributed by atoms with E-state index < -0.39 is 0 Å². The average Bonchev–Trinajstić information content (AvgIpc) is 2.81. The smallest absolute Gasteiger partial charge is 0.00851 e. The van der Waals surface area contributed by atoms with Crippen LogP contribution in [0.2, 0.25) is 0 Å². The Bertz CT molecular complexity index is 433. The Hall–Kier alpha value is -0.260. The van der Waals surface area contributed by atoms with Crippen LogP contribution in [0.25, 0.3) is 0 Å². The number of fused-ring (bicyclic) bond motifs is 5. The van der Waals surface area contributed by atoms with E-state index in [-0.39, 0.29) is 0 Å². The van der Waals surface area contributed by atoms with Gasteiger partial charge in [0.25, 0.3) is 0 Å². The Morgan fingerprint density at radius 1 is 0.950 bits per heavy atom. The highest BCUT2D eigenvalue weighted by molar-refractivity contribution is 5.24. The minimum absolute atomic E-state index is 0.583. The Labute approximate surface area is 125 Å². The van der Waals surface area contributed by atoms with E-state index in [0.29, 0.717) is 5.41 Å². The molecule has 0 saturated heterocycles. The van der Waals surface area contributed by atoms with Gasteiger partial charge in [-0.15, -0.1) is 0 Å². The second kappa shape index (κ2) is 4.37. The summed E-state index contributed by atoms with van der Waals surface area (Å²) >= 11 is 0. The van der Waals surface area contributed by atoms with Gasteiger partial charge < -0.3 is 0 Å². The predicted octanol–water partition coefficient (Wildman–Crippen LogP) is 5.98. The summed E-state index contributed by atoms with van der Waals surface area (Å²) in [5, 5.41) is 0. The molecule has 3 fully saturated rings. The van der Waals surface area contributed by atoms with E-state index in [1.165, 1.54) is 51.4 Å². The van der Waals surface area contributed by atoms with Crippen molar-refractivity contribution in [2.45, 2.75) is 78.6 Å². The van der Waals surface area contributed by atoms with Gasteiger partial charge in [-0.25, -0.2) is 0 Å². The van der Waals surface area contributed by atoms with Gasteiger partial charge in [0.05, 0.1) is 0 Å². The standard InChI is InChI=1S/C20H32/c1-14-8-12-20(3)15(13-14)6-7-16-17-5-4-10-19(17,2)11-9-18(16)20/h13-14,16-18H,4-12H2,1-3H3/t14-,16?,17?,18?,19?,20?/m0/s1. The third-order valence-electron chi connectivity index (χ3n) is 8.12. The van der Waals surface area contributed by atoms with E-state index in [1.807, 2.05) is 5.57 Å². The monoisotopic (exact) mass is 272 g/mol. The Morgan fingerprint density at radius 2 is 1.80 bits per heavy atom. The van der Waals surface area contributed by atoms with Crippen LogP contribution >= 0.6 is 0 Å². The molecule has 0 bridgehead atoms. The van der Waals surface area contributed by atoms with Gasteiger partial charge >= 0.3 is 0 Å². The maximum Gasteiger partial charge on any atom is -0.00851 e. The summed E-state index contributed by atoms with van der Waals surface area (Å²) in [5.74, 6) is 3.99. The highest BCUT2D eigenvalue weighted by Crippen LogP contribution is 2.65. The van der Waals surface area contributed by atoms with Crippen LogP contribution in [0.15, 0.2) is 11.6 Å². The average molecular weight is 272 g/mol. The zero-order valence-corrected chi connectivity index (χ0v) is 13.8. The molecule has 112 valence electrons. The van der Waals surface area contributed by atoms with Crippen LogP contribution in [-0.2, 0) is 0 Å². The van der Waals surface area contributed by atoms with Crippen molar-refractivity contribution in [3.63, 3.8) is 0 Å². The molecule has 0 aromatic carbocycles. The van der Waals surface area contributed by atoms with Crippen molar-refractivity contribution in [2.75, 3.05) is 0 Å². The summed E-state index contributed by atoms with van der Waals surface area (Å²) < 4.78 is 0. The lowest BCUT2D eigenvalue weighted by atomic mass is 9.47. The van der Waals surface area contributed by atoms with Crippen LogP contribution < -0.4 is 0 Å². The first-order valence-electron chi connectivity index (χ1n) is 9.24. The summed E-state index contributed by atoms with van der Waals surface area (Å²) in [5.41, 5.74) is 3.17. The molecule has 0 aliphatic heterocycles. The van der Waals surface area contributed by atoms with Gasteiger partial charge in [0, 0.05) is 0 Å². The zero-order valence-electron chi connectivity index (χ0n) is 13.8. The van der Waals surface area contributed by atoms with Gasteiger partial charge in [0.1, 0.15) is 0 Å². The van der Waals surface area contributed by atoms with Crippen molar-refractivity contribution < 1.29 is 0 Å². The molecular weight excluding hydrogens is 240 g/mol. The molecule has 0 radical (unpaired) electrons. The summed E-state index contributed by atoms with van der Waals surface area (Å²) in [6, 6.07) is 0. The van der Waals surface area contributed by atoms with Gasteiger partial charge in [0.2, 0.25) is 0 Å². The summed E-state index contributed by atoms with van der Waals surface area (Å²) in [6.45, 7) is 7.68. The Kier molecular flexibility index (Phi) is 2.93. The van der Waals surface area contributed by atoms with Crippen molar-refractivity contribution in [3.8, 4) is 0 Å². The van der Waals surface area contributed by atoms with E-state index in [9.17, 15) is 0 Å². The van der Waals surface area contributed by atoms with E-state index >= 15 is 0 Å². The first kappa shape index (κ1) is 13.4. The highest BCUT2D eigenvalue weighted by atomic mass is 14.6. The molecule has 0 heteroatoms. The van der Waals surface area contributed by atoms with Crippen LogP contribution in [0, 0.1) is 34.5 Å². The Morgan fingerprint density at radius 3 is 2.65 bits per heavy atom. The molecule has 0 heterocycles. The molecule has 4 rings (SSSR count). The molecule has 0 N–H and O–H groups in total. The van der Waals surface area contributed by atoms with Crippen LogP contribution in [0.1, 0.15) is 78.6 Å². The fraction of sp³-hybridized carbons (Fsp3) is 0.900. The van der Waals surface area contributed by atoms with Crippen LogP contribution in [0.3, 0.4) is 0 Å². The van der Waals surface area contributed by atoms with Gasteiger partial charge in [-0.2, -0.15) is 0 Å². The first-order valence-corrected chi connectivity index (χ1v) is 9.24. The molecule has 0 aromatic rings. The van der Waals surface area contributed by atoms with E-state index in [2.05, 4.69) is 26.8 Å². The van der Waals surface area contributed by atoms with E-state index in [4.69, 9.17) is 0 Å². The Balaban J connectivity index is 1.68. The van der Waals surface area contributed by atoms with Crippen LogP contribution in [0.5, 0.6) is 0 Å². The zero-order chi connectivity index (χ0) is 14.0. The number of allylic oxidation sites excluding steroid dienone is 2. The third-order valence-corrected chi connectivity index (χ3v) is 8.12. The number of rotatable bonds is 0. The molecule has 4 aliphatic carbocycles. The maximum absolute atomic E-state index is 2.67. The fourth-order valence-corrected chi connectivity index (χ4v) is 6.89. The highest BCUT2D eigenvalue weighted by Gasteiger charge is 2.55. The van der Waals surface area contributed by atoms with Gasteiger partial charge in [0.15, 0.2) is 0 Å². The predicted molar refractivity (Wildman–Crippen MR) is 85.5 cm³/mol. The molecule has 0 spiro atoms. The van der Waals surface area contributed by atoms with Crippen molar-refractivity contribution in [3.05, 3.63) is 11.6 Å². The van der Waals surface area contributed by atoms with Gasteiger partial charge in [-0.05, 0) is 85.9 Å². The normalized spacial score (nSPS) is 54.6. The summed E-state index contributed by atoms with van der Waals surface area (Å²) in [6.07, 6.45) is 16.2. The molecule has 6 atom stereocenters. The number of hydrogen-bond donors (Lipinski definition) is 0. The minimum Gasteiger partial charge on any atom is -0.0819 e. The topological polar surface area (TPSA) is 0 Å². The molecule has 0 amide bonds. The second-order valence-corrected chi connectivity index (χ2v) is 9.13. The largest absolute Gasteiger partial charge is 0.0819 e. The third kappa shape index (κ3) is 1.72. The molecule has 20 heavy (non-hydrogen) atoms. The molecule has 0 nitrogen and oxygen atoms in total. The molecule has 3 saturated carbocycles. The quantitative estimate of drug-likeness (QED) is 0.476. The van der Waals surface area contributed by atoms with Gasteiger partial charge in [-0.1, -0.05) is 38.8 Å². The van der Waals surface area contributed by atoms with E-state index in [0.717, 1.165) is 29.1 Å². The fourth-order valence-electron chi connectivity index (χ4n) is 6.89. The minimum atomic E-state index is 0.583. The first-order chi connectivity index (χ1) is 9.53. The lowest BCUT2D eigenvalue weighted by Gasteiger charge is -2.58. The van der Waals surface area contributed by atoms with Crippen LogP contribution in [0.4, 0.5) is 0 Å². The van der Waals surface area contributed by atoms with Crippen molar-refractivity contribution >= 4 is 0 Å². The van der Waals surface area contributed by atoms with Crippen molar-refractivity contribution in [1.82, 2.24) is 0 Å². The maximum atomic E-state index is 2.67. The molecule has 5 unspecified atom stereocenters. The number of hydrogen-bond acceptors (Lipinski definition) is 0. The lowest BCUT2D eigenvalue weighted by Crippen LogP contribution is -2.49. The van der Waals surface area contributed by atoms with Gasteiger partial charge in [-0.3, -0.25) is 0 Å². The van der Waals surface area contributed by atoms with Crippen LogP contribution in [-0.4, -0.2) is 0 Å². The molecule has 0 aromatic heterocycles. The van der Waals surface area contributed by atoms with Crippen molar-refractivity contribution in [2.24, 2.45) is 34.5 Å². The summed E-state index contributed by atoms with van der Waals surface area (Å²) in [4.78, 5) is 0. The van der Waals surface area contributed by atoms with Crippen molar-refractivity contribution in [1.29, 1.82) is 0 Å². The molecular formula is C20H32. The summed E-state index contributed by atoms with van der Waals surface area (Å²) in [7, 11) is 0. The SMILES string of the molecule is C[C@@H]1C=C2CCC3C4CCCC4(C)CCC3C2(C)CC1.